The van der Waals surface area contributed by atoms with Gasteiger partial charge >= 0.3 is 5.97 Å². The third-order valence-electron chi connectivity index (χ3n) is 2.45. The summed E-state index contributed by atoms with van der Waals surface area (Å²) < 4.78 is 4.66. The lowest BCUT2D eigenvalue weighted by Gasteiger charge is -1.98. The van der Waals surface area contributed by atoms with Crippen molar-refractivity contribution in [3.05, 3.63) is 53.9 Å². The van der Waals surface area contributed by atoms with Crippen LogP contribution in [-0.2, 0) is 11.2 Å². The molecule has 1 aromatic rings. The molecule has 4 heteroatoms. The minimum absolute atomic E-state index is 0.332. The van der Waals surface area contributed by atoms with Crippen LogP contribution in [0.3, 0.4) is 0 Å². The molecule has 0 aliphatic rings. The van der Waals surface area contributed by atoms with Crippen LogP contribution in [-0.4, -0.2) is 24.8 Å². The van der Waals surface area contributed by atoms with Gasteiger partial charge in [0.05, 0.1) is 12.8 Å². The van der Waals surface area contributed by atoms with Gasteiger partial charge in [0.2, 0.25) is 0 Å². The second-order valence-electron chi connectivity index (χ2n) is 4.02. The number of ether oxygens (including phenoxy) is 1. The average molecular weight is 258 g/mol. The predicted molar refractivity (Wildman–Crippen MR) is 78.1 cm³/mol. The van der Waals surface area contributed by atoms with Crippen LogP contribution in [0.15, 0.2) is 47.6 Å². The van der Waals surface area contributed by atoms with E-state index in [1.807, 2.05) is 31.2 Å². The standard InChI is InChI=1S/C15H18N2O2/c1-11(2)8-6-5-7-9-12-10-17-14(13(12)16-3)15(18)19-4/h5-8,10,17H,1,3,9H2,2,4H3/b7-5+,8-6-. The summed E-state index contributed by atoms with van der Waals surface area (Å²) in [6, 6.07) is 0. The fraction of sp³-hybridized carbons (Fsp3) is 0.200. The number of methoxy groups -OCH3 is 1. The SMILES string of the molecule is C=Nc1c(C/C=C/C=C\C(=C)C)c[nH]c1C(=O)OC. The largest absolute Gasteiger partial charge is 0.464 e. The third kappa shape index (κ3) is 4.10. The highest BCUT2D eigenvalue weighted by atomic mass is 16.5. The van der Waals surface area contributed by atoms with Gasteiger partial charge in [-0.05, 0) is 25.6 Å². The lowest BCUT2D eigenvalue weighted by molar-refractivity contribution is 0.0596. The van der Waals surface area contributed by atoms with Crippen molar-refractivity contribution >= 4 is 18.4 Å². The van der Waals surface area contributed by atoms with Gasteiger partial charge in [0.15, 0.2) is 5.69 Å². The van der Waals surface area contributed by atoms with E-state index < -0.39 is 5.97 Å². The Bertz CT molecular complexity index is 536. The van der Waals surface area contributed by atoms with E-state index >= 15 is 0 Å². The van der Waals surface area contributed by atoms with Gasteiger partial charge in [-0.25, -0.2) is 4.79 Å². The summed E-state index contributed by atoms with van der Waals surface area (Å²) in [5.74, 6) is -0.445. The van der Waals surface area contributed by atoms with Crippen molar-refractivity contribution < 1.29 is 9.53 Å². The van der Waals surface area contributed by atoms with Crippen LogP contribution in [0, 0.1) is 0 Å². The highest BCUT2D eigenvalue weighted by Crippen LogP contribution is 2.25. The number of H-pyrrole nitrogens is 1. The van der Waals surface area contributed by atoms with Crippen LogP contribution in [0.4, 0.5) is 5.69 Å². The fourth-order valence-electron chi connectivity index (χ4n) is 1.54. The number of nitrogens with one attached hydrogen (secondary N) is 1. The number of aromatic nitrogens is 1. The first-order chi connectivity index (χ1) is 9.10. The lowest BCUT2D eigenvalue weighted by Crippen LogP contribution is -2.01. The molecule has 1 N–H and O–H groups in total. The van der Waals surface area contributed by atoms with Crippen molar-refractivity contribution in [2.24, 2.45) is 4.99 Å². The van der Waals surface area contributed by atoms with E-state index in [1.165, 1.54) is 7.11 Å². The molecule has 0 radical (unpaired) electrons. The zero-order valence-corrected chi connectivity index (χ0v) is 11.3. The predicted octanol–water partition coefficient (Wildman–Crippen LogP) is 3.36. The molecule has 1 rings (SSSR count). The molecule has 1 heterocycles. The highest BCUT2D eigenvalue weighted by Gasteiger charge is 2.16. The van der Waals surface area contributed by atoms with Crippen LogP contribution in [0.25, 0.3) is 0 Å². The molecule has 4 nitrogen and oxygen atoms in total. The molecule has 0 saturated heterocycles. The number of nitrogens with zero attached hydrogens (tertiary/aromatic N) is 1. The maximum absolute atomic E-state index is 11.5. The molecule has 19 heavy (non-hydrogen) atoms. The fourth-order valence-corrected chi connectivity index (χ4v) is 1.54. The van der Waals surface area contributed by atoms with Crippen molar-refractivity contribution in [3.8, 4) is 0 Å². The van der Waals surface area contributed by atoms with Crippen LogP contribution < -0.4 is 0 Å². The Hall–Kier alpha value is -2.36. The van der Waals surface area contributed by atoms with Crippen molar-refractivity contribution in [1.82, 2.24) is 4.98 Å². The summed E-state index contributed by atoms with van der Waals surface area (Å²) >= 11 is 0. The van der Waals surface area contributed by atoms with E-state index in [1.54, 1.807) is 6.20 Å². The third-order valence-corrected chi connectivity index (χ3v) is 2.45. The number of hydrogen-bond acceptors (Lipinski definition) is 3. The van der Waals surface area contributed by atoms with Crippen LogP contribution >= 0.6 is 0 Å². The second-order valence-corrected chi connectivity index (χ2v) is 4.02. The van der Waals surface area contributed by atoms with Crippen molar-refractivity contribution in [1.29, 1.82) is 0 Å². The van der Waals surface area contributed by atoms with Gasteiger partial charge in [-0.3, -0.25) is 4.99 Å². The molecule has 0 aliphatic heterocycles. The van der Waals surface area contributed by atoms with Gasteiger partial charge in [-0.2, -0.15) is 0 Å². The van der Waals surface area contributed by atoms with Gasteiger partial charge in [0.1, 0.15) is 0 Å². The van der Waals surface area contributed by atoms with E-state index in [-0.39, 0.29) is 0 Å². The van der Waals surface area contributed by atoms with Crippen molar-refractivity contribution in [2.75, 3.05) is 7.11 Å². The first-order valence-corrected chi connectivity index (χ1v) is 5.84. The maximum atomic E-state index is 11.5. The van der Waals surface area contributed by atoms with Crippen LogP contribution in [0.1, 0.15) is 23.0 Å². The monoisotopic (exact) mass is 258 g/mol. The molecular formula is C15H18N2O2. The minimum Gasteiger partial charge on any atom is -0.464 e. The zero-order valence-electron chi connectivity index (χ0n) is 11.3. The number of rotatable bonds is 6. The van der Waals surface area contributed by atoms with E-state index in [4.69, 9.17) is 0 Å². The molecule has 0 fully saturated rings. The Kier molecular flexibility index (Phi) is 5.54. The highest BCUT2D eigenvalue weighted by molar-refractivity contribution is 5.94. The summed E-state index contributed by atoms with van der Waals surface area (Å²) in [5.41, 5.74) is 2.77. The Morgan fingerprint density at radius 1 is 1.53 bits per heavy atom. The molecule has 0 atom stereocenters. The lowest BCUT2D eigenvalue weighted by atomic mass is 10.1. The van der Waals surface area contributed by atoms with Gasteiger partial charge in [0, 0.05) is 6.20 Å². The number of carbonyl (C=O) groups is 1. The number of esters is 1. The first kappa shape index (κ1) is 14.7. The molecule has 0 spiro atoms. The maximum Gasteiger partial charge on any atom is 0.356 e. The van der Waals surface area contributed by atoms with E-state index in [0.717, 1.165) is 11.1 Å². The topological polar surface area (TPSA) is 54.5 Å². The Balaban J connectivity index is 2.80. The molecule has 1 aromatic heterocycles. The number of aliphatic imine (C=N–C) groups is 1. The van der Waals surface area contributed by atoms with E-state index in [0.29, 0.717) is 17.8 Å². The van der Waals surface area contributed by atoms with E-state index in [2.05, 4.69) is 28.0 Å². The summed E-state index contributed by atoms with van der Waals surface area (Å²) in [5, 5.41) is 0. The second kappa shape index (κ2) is 7.16. The average Bonchev–Trinajstić information content (AvgIpc) is 2.80. The zero-order chi connectivity index (χ0) is 14.3. The molecular weight excluding hydrogens is 240 g/mol. The molecule has 0 aliphatic carbocycles. The first-order valence-electron chi connectivity index (χ1n) is 5.84. The molecule has 0 unspecified atom stereocenters. The smallest absolute Gasteiger partial charge is 0.356 e. The van der Waals surface area contributed by atoms with Crippen LogP contribution in [0.2, 0.25) is 0 Å². The molecule has 0 saturated carbocycles. The number of hydrogen-bond donors (Lipinski definition) is 1. The normalized spacial score (nSPS) is 11.1. The van der Waals surface area contributed by atoms with Crippen molar-refractivity contribution in [3.63, 3.8) is 0 Å². The Morgan fingerprint density at radius 3 is 2.84 bits per heavy atom. The Labute approximate surface area is 113 Å². The summed E-state index contributed by atoms with van der Waals surface area (Å²) in [6.45, 7) is 9.18. The summed E-state index contributed by atoms with van der Waals surface area (Å²) in [4.78, 5) is 18.2. The van der Waals surface area contributed by atoms with Gasteiger partial charge < -0.3 is 9.72 Å². The van der Waals surface area contributed by atoms with Gasteiger partial charge in [0.25, 0.3) is 0 Å². The summed E-state index contributed by atoms with van der Waals surface area (Å²) in [6.07, 6.45) is 10.1. The summed E-state index contributed by atoms with van der Waals surface area (Å²) in [7, 11) is 1.33. The minimum atomic E-state index is -0.445. The van der Waals surface area contributed by atoms with E-state index in [9.17, 15) is 4.79 Å². The molecule has 0 aromatic carbocycles. The number of aromatic amines is 1. The van der Waals surface area contributed by atoms with Gasteiger partial charge in [-0.15, -0.1) is 0 Å². The Morgan fingerprint density at radius 2 is 2.26 bits per heavy atom. The quantitative estimate of drug-likeness (QED) is 0.483. The molecule has 100 valence electrons. The van der Waals surface area contributed by atoms with Crippen LogP contribution in [0.5, 0.6) is 0 Å². The van der Waals surface area contributed by atoms with Crippen molar-refractivity contribution in [2.45, 2.75) is 13.3 Å². The molecule has 0 bridgehead atoms. The molecule has 0 amide bonds. The number of carbonyl (C=O) groups excluding carboxylic acids is 1. The van der Waals surface area contributed by atoms with Gasteiger partial charge in [-0.1, -0.05) is 36.5 Å². The number of allylic oxidation sites excluding steroid dienone is 5.